The summed E-state index contributed by atoms with van der Waals surface area (Å²) in [5.41, 5.74) is 16.9. The Morgan fingerprint density at radius 2 is 0.723 bits per heavy atom. The second-order valence-electron chi connectivity index (χ2n) is 32.9. The molecule has 19 aromatic rings. The van der Waals surface area contributed by atoms with E-state index in [2.05, 4.69) is 106 Å². The van der Waals surface area contributed by atoms with Gasteiger partial charge in [0.05, 0.1) is 42.6 Å². The number of carboxylic acid groups (broad SMARTS) is 2. The molecule has 148 heavy (non-hydrogen) atoms. The summed E-state index contributed by atoms with van der Waals surface area (Å²) in [7, 11) is 4.81. The first kappa shape index (κ1) is 111. The van der Waals surface area contributed by atoms with Gasteiger partial charge in [-0.2, -0.15) is 0 Å². The van der Waals surface area contributed by atoms with Crippen LogP contribution in [0.15, 0.2) is 364 Å². The zero-order valence-corrected chi connectivity index (χ0v) is 87.0. The number of aliphatic carboxylic acids is 2. The Morgan fingerprint density at radius 1 is 0.365 bits per heavy atom. The summed E-state index contributed by atoms with van der Waals surface area (Å²) in [4.78, 5) is 54.2. The number of aromatic nitrogens is 5. The van der Waals surface area contributed by atoms with Gasteiger partial charge in [-0.15, -0.1) is 0 Å². The number of pyridine rings is 5. The molecule has 0 aliphatic carbocycles. The number of amides is 1. The van der Waals surface area contributed by atoms with Gasteiger partial charge in [0.15, 0.2) is 11.5 Å². The third-order valence-electron chi connectivity index (χ3n) is 22.2. The normalized spacial score (nSPS) is 10.6. The van der Waals surface area contributed by atoms with E-state index >= 15 is 0 Å². The number of aromatic hydroxyl groups is 2. The standard InChI is InChI=1S/C18H14Br2FNO.C17H13ClFNO.C17H14FNO.C16H10Br2FNO.C16H16FNO2.C16H12FNO.C9H9FO2.C9H7FO2/c1-2-23-18-16(20)9-15(19)14-8-12(10-22-17(14)18)7-11-3-5-13(21)6-4-11;1-21-15-4-2-3-12-10-13(17(18)20-16(12)15)9-11-5-7-14(19)8-6-11;1-20-16-4-2-3-14-10-13(11-19-17(14)16)9-12-5-7-15(18)8-6-12;17-13-7-14(18)16(21)15-12(13)6-10(8-20-15)5-9-1-3-11(19)4-2-9;1-20-15-5-3-2-4-14(15)18-16(19)11-8-12-6-9-13(17)10-7-12;17-14-6-4-11(5-7-14)8-12-9-13-2-1-3-15(19)16(13)18-10-12;2*10-8-4-1-7(2-5-8)3-6-9(11)12/h3-6,8-10H,2,7H2,1H3;2-8,10H,9H2,1H3;2-8,10-11H,9H2,1H3;1-4,6-8,21H,5H2;2-7,9-10H,8,11H2,1H3,(H,18,19);1-7,9-10,19H,8H2;1-2,4-5H,3,6H2,(H,11,12);1-6H,(H,11,12)/b;;;;;;;6-3+. The lowest BCUT2D eigenvalue weighted by Crippen LogP contribution is -2.13. The second kappa shape index (κ2) is 55.9. The molecule has 14 aromatic carbocycles. The van der Waals surface area contributed by atoms with Gasteiger partial charge in [0.1, 0.15) is 102 Å². The number of aryl methyl sites for hydroxylation is 2. The third kappa shape index (κ3) is 34.2. The van der Waals surface area contributed by atoms with E-state index in [4.69, 9.17) is 40.8 Å². The average Bonchev–Trinajstić information content (AvgIpc) is 0.784. The first-order valence-corrected chi connectivity index (χ1v) is 49.4. The lowest BCUT2D eigenvalue weighted by molar-refractivity contribution is -0.137. The maximum atomic E-state index is 13.0. The highest BCUT2D eigenvalue weighted by molar-refractivity contribution is 9.11. The van der Waals surface area contributed by atoms with Gasteiger partial charge >= 0.3 is 11.9 Å². The van der Waals surface area contributed by atoms with E-state index in [0.717, 1.165) is 148 Å². The van der Waals surface area contributed by atoms with Crippen molar-refractivity contribution < 1.29 is 88.9 Å². The molecule has 0 fully saturated rings. The van der Waals surface area contributed by atoms with E-state index in [9.17, 15) is 59.7 Å². The number of nitrogens with zero attached hydrogens (tertiary/aromatic N) is 5. The number of ether oxygens (including phenoxy) is 4. The highest BCUT2D eigenvalue weighted by Gasteiger charge is 2.18. The molecule has 0 unspecified atom stereocenters. The Kier molecular flexibility index (Phi) is 42.1. The topological polar surface area (TPSA) is 246 Å². The predicted octanol–water partition coefficient (Wildman–Crippen LogP) is 30.5. The number of carboxylic acids is 2. The number of phenolic OH excluding ortho intramolecular Hbond substituents is 2. The van der Waals surface area contributed by atoms with Crippen molar-refractivity contribution in [2.45, 2.75) is 64.7 Å². The van der Waals surface area contributed by atoms with Gasteiger partial charge in [-0.25, -0.2) is 44.9 Å². The van der Waals surface area contributed by atoms with Gasteiger partial charge in [-0.05, 0) is 326 Å². The molecule has 5 heterocycles. The molecule has 0 saturated carbocycles. The zero-order valence-electron chi connectivity index (χ0n) is 79.9. The summed E-state index contributed by atoms with van der Waals surface area (Å²) in [5.74, 6) is -0.840. The number of halogens is 13. The molecule has 754 valence electrons. The molecule has 19 rings (SSSR count). The lowest BCUT2D eigenvalue weighted by atomic mass is 10.0. The molecule has 0 bridgehead atoms. The average molecular weight is 2280 g/mol. The number of phenols is 2. The molecule has 5 N–H and O–H groups in total. The molecule has 0 atom stereocenters. The van der Waals surface area contributed by atoms with E-state index in [1.807, 2.05) is 98.2 Å². The second-order valence-corrected chi connectivity index (χ2v) is 36.7. The van der Waals surface area contributed by atoms with Crippen LogP contribution in [0.4, 0.5) is 40.8 Å². The maximum Gasteiger partial charge on any atom is 0.328 e. The molecule has 0 aliphatic rings. The molecule has 0 radical (unpaired) electrons. The number of para-hydroxylation sites is 5. The number of rotatable bonds is 24. The first-order chi connectivity index (χ1) is 71.3. The Hall–Kier alpha value is -15.3. The lowest BCUT2D eigenvalue weighted by Gasteiger charge is -2.12. The molecule has 17 nitrogen and oxygen atoms in total. The molecule has 1 amide bonds. The highest BCUT2D eigenvalue weighted by atomic mass is 79.9. The molecular weight excluding hydrogens is 2180 g/mol. The number of carbonyl (C=O) groups is 3. The summed E-state index contributed by atoms with van der Waals surface area (Å²) in [6.07, 6.45) is 14.4. The highest BCUT2D eigenvalue weighted by Crippen LogP contribution is 2.41. The van der Waals surface area contributed by atoms with Crippen LogP contribution in [0, 0.1) is 46.5 Å². The van der Waals surface area contributed by atoms with Crippen molar-refractivity contribution in [3.8, 4) is 34.5 Å². The van der Waals surface area contributed by atoms with Crippen LogP contribution in [-0.4, -0.2) is 91.1 Å². The van der Waals surface area contributed by atoms with Gasteiger partial charge in [-0.3, -0.25) is 29.5 Å². The number of nitrogens with one attached hydrogen (secondary N) is 1. The first-order valence-electron chi connectivity index (χ1n) is 45.8. The van der Waals surface area contributed by atoms with Crippen molar-refractivity contribution in [3.05, 3.63) is 488 Å². The SMILES string of the molecule is CCOc1c(Br)cc(Br)c2cc(Cc3ccc(F)cc3)cnc12.COc1cccc2cc(Cc3ccc(F)cc3)c(Cl)nc12.COc1cccc2cc(Cc3ccc(F)cc3)cnc12.COc1ccccc1NC(=O)CCc1ccc(F)cc1.O=C(O)/C=C/c1ccc(F)cc1.O=C(O)CCc1ccc(F)cc1.Oc1c(Br)cc(Br)c2cc(Cc3ccc(F)cc3)cnc12.Oc1cccc2cc(Cc3ccc(F)cc3)cnc12. The minimum atomic E-state index is -1.01. The van der Waals surface area contributed by atoms with E-state index in [1.54, 1.807) is 149 Å². The number of carbonyl (C=O) groups excluding carboxylic acids is 1. The van der Waals surface area contributed by atoms with Crippen LogP contribution in [0.3, 0.4) is 0 Å². The van der Waals surface area contributed by atoms with E-state index in [0.29, 0.717) is 95.0 Å². The van der Waals surface area contributed by atoms with Crippen LogP contribution in [-0.2, 0) is 59.3 Å². The number of anilines is 1. The van der Waals surface area contributed by atoms with Crippen LogP contribution >= 0.6 is 75.3 Å². The van der Waals surface area contributed by atoms with Crippen molar-refractivity contribution in [2.24, 2.45) is 0 Å². The van der Waals surface area contributed by atoms with E-state index < -0.39 is 11.9 Å². The summed E-state index contributed by atoms with van der Waals surface area (Å²) in [6, 6.07) is 88.0. The van der Waals surface area contributed by atoms with Crippen LogP contribution in [0.1, 0.15) is 92.1 Å². The fourth-order valence-corrected chi connectivity index (χ4v) is 17.7. The Labute approximate surface area is 887 Å². The summed E-state index contributed by atoms with van der Waals surface area (Å²) in [6.45, 7) is 2.53. The molecule has 0 saturated heterocycles. The van der Waals surface area contributed by atoms with Crippen molar-refractivity contribution in [2.75, 3.05) is 33.3 Å². The Balaban J connectivity index is 0.000000151. The largest absolute Gasteiger partial charge is 0.506 e. The molecule has 0 spiro atoms. The number of hydrogen-bond acceptors (Lipinski definition) is 14. The van der Waals surface area contributed by atoms with Crippen LogP contribution in [0.5, 0.6) is 34.5 Å². The summed E-state index contributed by atoms with van der Waals surface area (Å²) >= 11 is 20.1. The quantitative estimate of drug-likeness (QED) is 0.0214. The minimum Gasteiger partial charge on any atom is -0.506 e. The fourth-order valence-electron chi connectivity index (χ4n) is 14.9. The monoisotopic (exact) mass is 2270 g/mol. The maximum absolute atomic E-state index is 13.0. The van der Waals surface area contributed by atoms with Gasteiger partial charge in [0.2, 0.25) is 5.91 Å². The fraction of sp³-hybridized carbons (Fsp3) is 0.119. The van der Waals surface area contributed by atoms with Crippen molar-refractivity contribution in [3.63, 3.8) is 0 Å². The number of hydrogen-bond donors (Lipinski definition) is 5. The molecule has 30 heteroatoms. The van der Waals surface area contributed by atoms with Gasteiger partial charge < -0.3 is 44.7 Å². The third-order valence-corrected chi connectivity index (χ3v) is 25.0. The van der Waals surface area contributed by atoms with Crippen LogP contribution in [0.2, 0.25) is 5.15 Å². The van der Waals surface area contributed by atoms with Crippen molar-refractivity contribution >= 4 is 159 Å². The number of methoxy groups -OCH3 is 3. The summed E-state index contributed by atoms with van der Waals surface area (Å²) < 4.78 is 127. The zero-order chi connectivity index (χ0) is 106. The molecule has 0 aliphatic heterocycles. The number of benzene rings is 14. The number of fused-ring (bicyclic) bond motifs is 5. The van der Waals surface area contributed by atoms with Gasteiger partial charge in [0, 0.05) is 86.0 Å². The Morgan fingerprint density at radius 3 is 1.16 bits per heavy atom. The van der Waals surface area contributed by atoms with E-state index in [-0.39, 0.29) is 70.4 Å². The predicted molar refractivity (Wildman–Crippen MR) is 580 cm³/mol. The van der Waals surface area contributed by atoms with Gasteiger partial charge in [-0.1, -0.05) is 189 Å². The van der Waals surface area contributed by atoms with Crippen molar-refractivity contribution in [1.29, 1.82) is 0 Å². The van der Waals surface area contributed by atoms with Gasteiger partial charge in [0.25, 0.3) is 0 Å². The summed E-state index contributed by atoms with van der Waals surface area (Å²) in [5, 5.41) is 44.3. The van der Waals surface area contributed by atoms with Crippen molar-refractivity contribution in [1.82, 2.24) is 24.9 Å². The molecule has 5 aromatic heterocycles. The van der Waals surface area contributed by atoms with E-state index in [1.165, 1.54) is 115 Å². The Bertz CT molecular complexity index is 7760. The smallest absolute Gasteiger partial charge is 0.328 e. The van der Waals surface area contributed by atoms with Crippen LogP contribution < -0.4 is 24.3 Å². The minimum absolute atomic E-state index is 0.0889. The molecular formula is C118H95Br4ClF8N6O11. The van der Waals surface area contributed by atoms with Crippen LogP contribution in [0.25, 0.3) is 60.6 Å².